The van der Waals surface area contributed by atoms with Gasteiger partial charge in [-0.2, -0.15) is 114 Å². The summed E-state index contributed by atoms with van der Waals surface area (Å²) in [4.78, 5) is 0. The zero-order chi connectivity index (χ0) is 37.1. The number of fused-ring (bicyclic) bond motifs is 1. The van der Waals surface area contributed by atoms with E-state index in [1.807, 2.05) is 0 Å². The monoisotopic (exact) mass is 740 g/mol. The highest BCUT2D eigenvalue weighted by Crippen LogP contribution is 2.65. The maximum absolute atomic E-state index is 14.6. The van der Waals surface area contributed by atoms with E-state index in [0.717, 1.165) is 0 Å². The molecule has 0 amide bonds. The average Bonchev–Trinajstić information content (AvgIpc) is 2.81. The molecule has 2 rings (SSSR count). The van der Waals surface area contributed by atoms with Gasteiger partial charge in [-0.1, -0.05) is 12.2 Å². The van der Waals surface area contributed by atoms with Crippen LogP contribution in [-0.2, 0) is 0 Å². The van der Waals surface area contributed by atoms with Crippen molar-refractivity contribution in [1.29, 1.82) is 0 Å². The van der Waals surface area contributed by atoms with Crippen LogP contribution in [0.3, 0.4) is 0 Å². The molecule has 0 bridgehead atoms. The van der Waals surface area contributed by atoms with Gasteiger partial charge in [0.1, 0.15) is 0 Å². The Morgan fingerprint density at radius 3 is 0.652 bits per heavy atom. The first-order valence-electron chi connectivity index (χ1n) is 10.8. The highest BCUT2D eigenvalue weighted by molar-refractivity contribution is 5.65. The molecule has 0 saturated carbocycles. The molecular formula is C20H6F26. The van der Waals surface area contributed by atoms with Crippen molar-refractivity contribution in [3.8, 4) is 0 Å². The fourth-order valence-electron chi connectivity index (χ4n) is 3.87. The third kappa shape index (κ3) is 4.58. The molecule has 0 radical (unpaired) electrons. The maximum Gasteiger partial charge on any atom is 0.460 e. The van der Waals surface area contributed by atoms with Crippen LogP contribution >= 0.6 is 0 Å². The lowest BCUT2D eigenvalue weighted by Gasteiger charge is -2.43. The topological polar surface area (TPSA) is 0 Å². The molecule has 2 aliphatic rings. The van der Waals surface area contributed by atoms with Crippen LogP contribution in [0.5, 0.6) is 0 Å². The molecule has 0 unspecified atom stereocenters. The second-order valence-electron chi connectivity index (χ2n) is 9.36. The summed E-state index contributed by atoms with van der Waals surface area (Å²) in [6.45, 7) is 0. The maximum atomic E-state index is 14.6. The van der Waals surface area contributed by atoms with E-state index >= 15 is 0 Å². The van der Waals surface area contributed by atoms with Gasteiger partial charge in [0.15, 0.2) is 0 Å². The molecule has 0 spiro atoms. The number of allylic oxidation sites excluding steroid dienone is 6. The molecule has 268 valence electrons. The van der Waals surface area contributed by atoms with Crippen LogP contribution in [0.2, 0.25) is 0 Å². The molecule has 2 aliphatic carbocycles. The van der Waals surface area contributed by atoms with Crippen LogP contribution in [0.25, 0.3) is 0 Å². The van der Waals surface area contributed by atoms with Gasteiger partial charge < -0.3 is 0 Å². The highest BCUT2D eigenvalue weighted by atomic mass is 19.4. The minimum absolute atomic E-state index is 0.298. The van der Waals surface area contributed by atoms with E-state index in [1.54, 1.807) is 0 Å². The Hall–Kier alpha value is -2.60. The second kappa shape index (κ2) is 9.96. The van der Waals surface area contributed by atoms with Crippen LogP contribution < -0.4 is 0 Å². The van der Waals surface area contributed by atoms with Gasteiger partial charge >= 0.3 is 71.6 Å². The number of halogens is 26. The Bertz CT molecular complexity index is 1210. The lowest BCUT2D eigenvalue weighted by molar-refractivity contribution is -0.437. The smallest absolute Gasteiger partial charge is 0.194 e. The van der Waals surface area contributed by atoms with Gasteiger partial charge in [0.25, 0.3) is 0 Å². The third-order valence-corrected chi connectivity index (χ3v) is 6.61. The van der Waals surface area contributed by atoms with Gasteiger partial charge in [0, 0.05) is 11.1 Å². The summed E-state index contributed by atoms with van der Waals surface area (Å²) in [6.07, 6.45) is -21.5. The Labute approximate surface area is 234 Å². The molecule has 0 saturated heterocycles. The van der Waals surface area contributed by atoms with E-state index < -0.39 is 107 Å². The van der Waals surface area contributed by atoms with E-state index in [-0.39, 0.29) is 12.2 Å². The van der Waals surface area contributed by atoms with E-state index in [1.165, 1.54) is 0 Å². The zero-order valence-electron chi connectivity index (χ0n) is 20.4. The van der Waals surface area contributed by atoms with Gasteiger partial charge in [0.2, 0.25) is 0 Å². The largest absolute Gasteiger partial charge is 0.460 e. The van der Waals surface area contributed by atoms with Crippen molar-refractivity contribution in [1.82, 2.24) is 0 Å². The van der Waals surface area contributed by atoms with Crippen LogP contribution in [0, 0.1) is 0 Å². The van der Waals surface area contributed by atoms with Crippen LogP contribution in [-0.4, -0.2) is 71.6 Å². The van der Waals surface area contributed by atoms with Gasteiger partial charge in [-0.05, 0) is 24.0 Å². The number of hydrogen-bond donors (Lipinski definition) is 0. The fourth-order valence-corrected chi connectivity index (χ4v) is 3.87. The predicted molar refractivity (Wildman–Crippen MR) is 94.0 cm³/mol. The Balaban J connectivity index is 2.74. The molecule has 0 N–H and O–H groups in total. The molecular weight excluding hydrogens is 734 g/mol. The molecule has 0 atom stereocenters. The van der Waals surface area contributed by atoms with E-state index in [0.29, 0.717) is 0 Å². The van der Waals surface area contributed by atoms with E-state index in [4.69, 9.17) is 0 Å². The van der Waals surface area contributed by atoms with Crippen molar-refractivity contribution < 1.29 is 114 Å². The Kier molecular flexibility index (Phi) is 8.57. The lowest BCUT2D eigenvalue weighted by Crippen LogP contribution is -2.70. The number of alkyl halides is 26. The van der Waals surface area contributed by atoms with E-state index in [2.05, 4.69) is 0 Å². The minimum Gasteiger partial charge on any atom is -0.194 e. The van der Waals surface area contributed by atoms with Crippen LogP contribution in [0.15, 0.2) is 34.4 Å². The Morgan fingerprint density at radius 2 is 0.478 bits per heavy atom. The van der Waals surface area contributed by atoms with Crippen molar-refractivity contribution in [2.75, 3.05) is 0 Å². The summed E-state index contributed by atoms with van der Waals surface area (Å²) >= 11 is 0. The summed E-state index contributed by atoms with van der Waals surface area (Å²) in [6, 6.07) is 0. The molecule has 46 heavy (non-hydrogen) atoms. The van der Waals surface area contributed by atoms with Gasteiger partial charge in [-0.3, -0.25) is 0 Å². The lowest BCUT2D eigenvalue weighted by atomic mass is 9.72. The van der Waals surface area contributed by atoms with Crippen LogP contribution in [0.1, 0.15) is 12.8 Å². The first kappa shape index (κ1) is 39.6. The SMILES string of the molecule is FC(F)(F)C(F)(F)C(F)(F)C(F)(F)C(F)(F)C(F)(F)C1=C2C=CC2=C(C(F)(F)C(F)(F)C(F)(F)C(F)(F)C(F)(F)C(F)(F)F)CC1. The molecule has 0 aromatic heterocycles. The predicted octanol–water partition coefficient (Wildman–Crippen LogP) is 10.4. The summed E-state index contributed by atoms with van der Waals surface area (Å²) in [5.74, 6) is -80.6. The summed E-state index contributed by atoms with van der Waals surface area (Å²) < 4.78 is 349. The van der Waals surface area contributed by atoms with Crippen molar-refractivity contribution >= 4 is 0 Å². The van der Waals surface area contributed by atoms with Crippen LogP contribution in [0.4, 0.5) is 114 Å². The number of hydrogen-bond acceptors (Lipinski definition) is 0. The summed E-state index contributed by atoms with van der Waals surface area (Å²) in [5.41, 5.74) is -10.3. The second-order valence-corrected chi connectivity index (χ2v) is 9.36. The van der Waals surface area contributed by atoms with Crippen molar-refractivity contribution in [3.63, 3.8) is 0 Å². The average molecular weight is 740 g/mol. The standard InChI is InChI=1S/C20H6F26/c21-9(22,11(25,26)13(29,30)15(33,34)17(37,38)19(41,42)43)7-3-4-8(6-2-1-5(6)7)10(23,24)12(27,28)14(31,32)16(35,36)18(39,40)20(44,45)46/h1-2H,3-4H2. The molecule has 0 fully saturated rings. The Morgan fingerprint density at radius 1 is 0.283 bits per heavy atom. The zero-order valence-corrected chi connectivity index (χ0v) is 20.4. The molecule has 0 aliphatic heterocycles. The fraction of sp³-hybridized carbons (Fsp3) is 0.700. The quantitative estimate of drug-likeness (QED) is 0.196. The normalized spacial score (nSPS) is 19.1. The molecule has 0 aromatic carbocycles. The van der Waals surface area contributed by atoms with Crippen molar-refractivity contribution in [2.24, 2.45) is 0 Å². The summed E-state index contributed by atoms with van der Waals surface area (Å²) in [5, 5.41) is 0. The number of rotatable bonds is 10. The first-order chi connectivity index (χ1) is 19.7. The highest BCUT2D eigenvalue weighted by Gasteiger charge is 2.92. The van der Waals surface area contributed by atoms with E-state index in [9.17, 15) is 114 Å². The molecule has 26 heteroatoms. The minimum atomic E-state index is -8.44. The molecule has 0 aromatic rings. The van der Waals surface area contributed by atoms with Crippen molar-refractivity contribution in [3.05, 3.63) is 34.4 Å². The molecule has 0 nitrogen and oxygen atoms in total. The third-order valence-electron chi connectivity index (χ3n) is 6.61. The van der Waals surface area contributed by atoms with Crippen molar-refractivity contribution in [2.45, 2.75) is 84.4 Å². The van der Waals surface area contributed by atoms with Gasteiger partial charge in [0.05, 0.1) is 0 Å². The van der Waals surface area contributed by atoms with Gasteiger partial charge in [-0.15, -0.1) is 0 Å². The van der Waals surface area contributed by atoms with Gasteiger partial charge in [-0.25, -0.2) is 0 Å². The summed E-state index contributed by atoms with van der Waals surface area (Å²) in [7, 11) is 0. The first-order valence-corrected chi connectivity index (χ1v) is 10.8. The molecule has 0 heterocycles.